The molecule has 0 aliphatic rings. The van der Waals surface area contributed by atoms with Crippen molar-refractivity contribution < 1.29 is 4.79 Å². The number of para-hydroxylation sites is 1. The van der Waals surface area contributed by atoms with E-state index < -0.39 is 0 Å². The number of hydrogen-bond acceptors (Lipinski definition) is 4. The van der Waals surface area contributed by atoms with Crippen molar-refractivity contribution in [2.75, 3.05) is 10.6 Å². The molecule has 0 aliphatic heterocycles. The first-order valence-electron chi connectivity index (χ1n) is 8.86. The molecule has 136 valence electrons. The largest absolute Gasteiger partial charge is 0.380 e. The van der Waals surface area contributed by atoms with Gasteiger partial charge in [0.15, 0.2) is 0 Å². The van der Waals surface area contributed by atoms with Gasteiger partial charge in [-0.1, -0.05) is 12.1 Å². The minimum atomic E-state index is -0.180. The standard InChI is InChI=1S/C21H18BN5O/c1-27-19-7-6-16(11-15(19)13-25-27)26-21(28)17-4-2-3-5-18(17)24-12-14-8-9-23-20(22)10-14/h2-11,13,24H,12H2,1H3,(H,26,28). The van der Waals surface area contributed by atoms with Crippen molar-refractivity contribution in [1.29, 1.82) is 0 Å². The van der Waals surface area contributed by atoms with Gasteiger partial charge in [0.1, 0.15) is 7.85 Å². The Bertz CT molecular complexity index is 1150. The van der Waals surface area contributed by atoms with E-state index in [0.717, 1.165) is 27.8 Å². The number of nitrogens with one attached hydrogen (secondary N) is 2. The summed E-state index contributed by atoms with van der Waals surface area (Å²) in [6.45, 7) is 0.540. The van der Waals surface area contributed by atoms with Crippen LogP contribution in [0.1, 0.15) is 15.9 Å². The van der Waals surface area contributed by atoms with E-state index in [2.05, 4.69) is 20.7 Å². The summed E-state index contributed by atoms with van der Waals surface area (Å²) in [6, 6.07) is 16.8. The molecule has 28 heavy (non-hydrogen) atoms. The molecule has 2 aromatic carbocycles. The number of carbonyl (C=O) groups excluding carboxylic acids is 1. The van der Waals surface area contributed by atoms with Crippen LogP contribution in [0.3, 0.4) is 0 Å². The summed E-state index contributed by atoms with van der Waals surface area (Å²) in [5.41, 5.74) is 4.51. The third kappa shape index (κ3) is 3.73. The van der Waals surface area contributed by atoms with Crippen LogP contribution in [0.4, 0.5) is 11.4 Å². The van der Waals surface area contributed by atoms with Crippen LogP contribution >= 0.6 is 0 Å². The minimum Gasteiger partial charge on any atom is -0.380 e. The number of aryl methyl sites for hydroxylation is 1. The van der Waals surface area contributed by atoms with Gasteiger partial charge in [-0.2, -0.15) is 5.10 Å². The summed E-state index contributed by atoms with van der Waals surface area (Å²) in [6.07, 6.45) is 3.44. The van der Waals surface area contributed by atoms with Gasteiger partial charge < -0.3 is 10.6 Å². The zero-order valence-electron chi connectivity index (χ0n) is 15.4. The minimum absolute atomic E-state index is 0.180. The van der Waals surface area contributed by atoms with Crippen LogP contribution < -0.4 is 16.2 Å². The predicted molar refractivity (Wildman–Crippen MR) is 112 cm³/mol. The SMILES string of the molecule is [B]c1cc(CNc2ccccc2C(=O)Nc2ccc3c(cnn3C)c2)ccn1. The number of fused-ring (bicyclic) bond motifs is 1. The molecule has 0 atom stereocenters. The normalized spacial score (nSPS) is 10.8. The van der Waals surface area contributed by atoms with E-state index in [1.165, 1.54) is 0 Å². The molecule has 2 heterocycles. The Morgan fingerprint density at radius 2 is 2.00 bits per heavy atom. The lowest BCUT2D eigenvalue weighted by Gasteiger charge is -2.13. The molecule has 0 bridgehead atoms. The van der Waals surface area contributed by atoms with Gasteiger partial charge in [0.25, 0.3) is 5.91 Å². The maximum absolute atomic E-state index is 12.8. The summed E-state index contributed by atoms with van der Waals surface area (Å²) in [7, 11) is 7.61. The molecule has 6 nitrogen and oxygen atoms in total. The quantitative estimate of drug-likeness (QED) is 0.532. The van der Waals surface area contributed by atoms with Crippen LogP contribution in [0, 0.1) is 0 Å². The Labute approximate surface area is 164 Å². The fourth-order valence-electron chi connectivity index (χ4n) is 3.08. The number of amides is 1. The van der Waals surface area contributed by atoms with Gasteiger partial charge in [0.2, 0.25) is 0 Å². The molecule has 0 saturated carbocycles. The van der Waals surface area contributed by atoms with Crippen molar-refractivity contribution in [2.24, 2.45) is 7.05 Å². The molecule has 0 unspecified atom stereocenters. The number of hydrogen-bond donors (Lipinski definition) is 2. The van der Waals surface area contributed by atoms with Gasteiger partial charge in [-0.25, -0.2) is 0 Å². The second-order valence-corrected chi connectivity index (χ2v) is 6.48. The number of carbonyl (C=O) groups is 1. The number of pyridine rings is 1. The number of rotatable bonds is 5. The van der Waals surface area contributed by atoms with Gasteiger partial charge >= 0.3 is 0 Å². The average molecular weight is 367 g/mol. The molecule has 0 saturated heterocycles. The van der Waals surface area contributed by atoms with E-state index in [4.69, 9.17) is 7.85 Å². The molecule has 0 aliphatic carbocycles. The highest BCUT2D eigenvalue weighted by molar-refractivity contribution is 6.30. The molecular formula is C21H18BN5O. The maximum Gasteiger partial charge on any atom is 0.257 e. The summed E-state index contributed by atoms with van der Waals surface area (Å²) >= 11 is 0. The molecular weight excluding hydrogens is 349 g/mol. The summed E-state index contributed by atoms with van der Waals surface area (Å²) in [5.74, 6) is -0.180. The van der Waals surface area contributed by atoms with Crippen LogP contribution in [0.25, 0.3) is 10.9 Å². The van der Waals surface area contributed by atoms with E-state index in [-0.39, 0.29) is 5.91 Å². The first kappa shape index (κ1) is 17.8. The van der Waals surface area contributed by atoms with E-state index in [0.29, 0.717) is 17.7 Å². The smallest absolute Gasteiger partial charge is 0.257 e. The second-order valence-electron chi connectivity index (χ2n) is 6.48. The van der Waals surface area contributed by atoms with Crippen LogP contribution in [0.2, 0.25) is 0 Å². The fraction of sp³-hybridized carbons (Fsp3) is 0.0952. The van der Waals surface area contributed by atoms with Crippen molar-refractivity contribution in [3.63, 3.8) is 0 Å². The Morgan fingerprint density at radius 3 is 2.86 bits per heavy atom. The zero-order chi connectivity index (χ0) is 19.5. The van der Waals surface area contributed by atoms with E-state index in [1.807, 2.05) is 49.5 Å². The van der Waals surface area contributed by atoms with E-state index in [1.54, 1.807) is 29.2 Å². The Balaban J connectivity index is 1.52. The van der Waals surface area contributed by atoms with Gasteiger partial charge in [-0.3, -0.25) is 14.5 Å². The Hall–Kier alpha value is -3.61. The molecule has 2 radical (unpaired) electrons. The van der Waals surface area contributed by atoms with Gasteiger partial charge in [0, 0.05) is 36.6 Å². The number of anilines is 2. The van der Waals surface area contributed by atoms with Crippen molar-refractivity contribution in [3.05, 3.63) is 78.1 Å². The van der Waals surface area contributed by atoms with E-state index >= 15 is 0 Å². The van der Waals surface area contributed by atoms with Crippen LogP contribution in [-0.2, 0) is 13.6 Å². The lowest BCUT2D eigenvalue weighted by Crippen LogP contribution is -2.15. The molecule has 0 fully saturated rings. The molecule has 7 heteroatoms. The van der Waals surface area contributed by atoms with Gasteiger partial charge in [-0.05, 0) is 53.6 Å². The maximum atomic E-state index is 12.8. The van der Waals surface area contributed by atoms with Crippen molar-refractivity contribution in [2.45, 2.75) is 6.54 Å². The topological polar surface area (TPSA) is 71.8 Å². The third-order valence-corrected chi connectivity index (χ3v) is 4.50. The molecule has 4 aromatic rings. The van der Waals surface area contributed by atoms with Gasteiger partial charge in [-0.15, -0.1) is 0 Å². The van der Waals surface area contributed by atoms with Crippen LogP contribution in [0.5, 0.6) is 0 Å². The van der Waals surface area contributed by atoms with Crippen molar-refractivity contribution in [3.8, 4) is 0 Å². The highest BCUT2D eigenvalue weighted by Crippen LogP contribution is 2.21. The second kappa shape index (κ2) is 7.56. The van der Waals surface area contributed by atoms with E-state index in [9.17, 15) is 4.79 Å². The van der Waals surface area contributed by atoms with Crippen molar-refractivity contribution >= 4 is 41.6 Å². The van der Waals surface area contributed by atoms with Crippen LogP contribution in [0.15, 0.2) is 67.0 Å². The highest BCUT2D eigenvalue weighted by atomic mass is 16.1. The molecule has 4 rings (SSSR count). The highest BCUT2D eigenvalue weighted by Gasteiger charge is 2.12. The lowest BCUT2D eigenvalue weighted by atomic mass is 10.0. The molecule has 0 spiro atoms. The predicted octanol–water partition coefficient (Wildman–Crippen LogP) is 2.63. The lowest BCUT2D eigenvalue weighted by molar-refractivity contribution is 0.102. The molecule has 2 N–H and O–H groups in total. The number of benzene rings is 2. The average Bonchev–Trinajstić information content (AvgIpc) is 3.07. The monoisotopic (exact) mass is 367 g/mol. The first-order chi connectivity index (χ1) is 13.6. The Kier molecular flexibility index (Phi) is 4.80. The van der Waals surface area contributed by atoms with Gasteiger partial charge in [0.05, 0.1) is 17.3 Å². The molecule has 2 aromatic heterocycles. The third-order valence-electron chi connectivity index (χ3n) is 4.50. The van der Waals surface area contributed by atoms with Crippen molar-refractivity contribution in [1.82, 2.24) is 14.8 Å². The summed E-state index contributed by atoms with van der Waals surface area (Å²) in [4.78, 5) is 16.8. The zero-order valence-corrected chi connectivity index (χ0v) is 15.4. The summed E-state index contributed by atoms with van der Waals surface area (Å²) in [5, 5.41) is 11.5. The number of aromatic nitrogens is 3. The fourth-order valence-corrected chi connectivity index (χ4v) is 3.08. The summed E-state index contributed by atoms with van der Waals surface area (Å²) < 4.78 is 1.80. The first-order valence-corrected chi connectivity index (χ1v) is 8.86. The Morgan fingerprint density at radius 1 is 1.14 bits per heavy atom. The number of nitrogens with zero attached hydrogens (tertiary/aromatic N) is 3. The molecule has 1 amide bonds. The van der Waals surface area contributed by atoms with Crippen LogP contribution in [-0.4, -0.2) is 28.5 Å².